The normalized spacial score (nSPS) is 11.9. The quantitative estimate of drug-likeness (QED) is 0.691. The molecule has 1 rings (SSSR count). The van der Waals surface area contributed by atoms with Crippen LogP contribution >= 0.6 is 0 Å². The fourth-order valence-electron chi connectivity index (χ4n) is 1.05. The smallest absolute Gasteiger partial charge is 0.320 e. The van der Waals surface area contributed by atoms with Crippen molar-refractivity contribution in [3.63, 3.8) is 0 Å². The number of rotatable bonds is 4. The molecule has 0 aliphatic heterocycles. The van der Waals surface area contributed by atoms with Gasteiger partial charge in [0.1, 0.15) is 5.82 Å². The maximum absolute atomic E-state index is 11.4. The second kappa shape index (κ2) is 5.98. The Hall–Kier alpha value is -1.62. The Balaban J connectivity index is 2.43. The summed E-state index contributed by atoms with van der Waals surface area (Å²) in [6.45, 7) is 1.83. The van der Waals surface area contributed by atoms with Crippen LogP contribution < -0.4 is 10.6 Å². The Morgan fingerprint density at radius 3 is 2.93 bits per heavy atom. The van der Waals surface area contributed by atoms with E-state index in [2.05, 4.69) is 15.6 Å². The molecule has 0 aliphatic rings. The van der Waals surface area contributed by atoms with Gasteiger partial charge in [-0.05, 0) is 18.6 Å². The summed E-state index contributed by atoms with van der Waals surface area (Å²) in [4.78, 5) is 15.3. The highest BCUT2D eigenvalue weighted by Gasteiger charge is 2.08. The third-order valence-electron chi connectivity index (χ3n) is 1.95. The van der Waals surface area contributed by atoms with E-state index in [0.29, 0.717) is 12.2 Å². The first-order valence-corrected chi connectivity index (χ1v) is 4.85. The fraction of sp³-hybridized carbons (Fsp3) is 0.400. The Morgan fingerprint density at radius 1 is 1.60 bits per heavy atom. The molecule has 1 unspecified atom stereocenters. The van der Waals surface area contributed by atoms with E-state index in [-0.39, 0.29) is 18.7 Å². The van der Waals surface area contributed by atoms with Gasteiger partial charge in [0.05, 0.1) is 12.6 Å². The minimum Gasteiger partial charge on any atom is -0.394 e. The predicted octanol–water partition coefficient (Wildman–Crippen LogP) is 0.974. The summed E-state index contributed by atoms with van der Waals surface area (Å²) < 4.78 is 0. The first-order chi connectivity index (χ1) is 7.26. The van der Waals surface area contributed by atoms with Gasteiger partial charge in [-0.15, -0.1) is 0 Å². The molecule has 82 valence electrons. The second-order valence-electron chi connectivity index (χ2n) is 3.10. The van der Waals surface area contributed by atoms with Gasteiger partial charge < -0.3 is 10.4 Å². The number of carbonyl (C=O) groups excluding carboxylic acids is 1. The van der Waals surface area contributed by atoms with Crippen LogP contribution in [0.15, 0.2) is 24.4 Å². The van der Waals surface area contributed by atoms with Crippen molar-refractivity contribution in [1.29, 1.82) is 0 Å². The molecule has 0 bridgehead atoms. The van der Waals surface area contributed by atoms with Crippen molar-refractivity contribution < 1.29 is 9.90 Å². The largest absolute Gasteiger partial charge is 0.394 e. The Bertz CT molecular complexity index is 299. The number of carbonyl (C=O) groups is 1. The lowest BCUT2D eigenvalue weighted by atomic mass is 10.2. The fourth-order valence-corrected chi connectivity index (χ4v) is 1.05. The number of aliphatic hydroxyl groups is 1. The van der Waals surface area contributed by atoms with E-state index in [9.17, 15) is 4.79 Å². The molecule has 0 spiro atoms. The van der Waals surface area contributed by atoms with Crippen molar-refractivity contribution in [2.75, 3.05) is 11.9 Å². The summed E-state index contributed by atoms with van der Waals surface area (Å²) in [6, 6.07) is 4.68. The highest BCUT2D eigenvalue weighted by Crippen LogP contribution is 1.99. The van der Waals surface area contributed by atoms with Gasteiger partial charge in [-0.2, -0.15) is 0 Å². The molecule has 1 aromatic rings. The van der Waals surface area contributed by atoms with Crippen LogP contribution in [0.3, 0.4) is 0 Å². The van der Waals surface area contributed by atoms with E-state index in [1.165, 1.54) is 0 Å². The summed E-state index contributed by atoms with van der Waals surface area (Å²) in [5.74, 6) is 0.489. The van der Waals surface area contributed by atoms with Gasteiger partial charge in [-0.25, -0.2) is 9.78 Å². The van der Waals surface area contributed by atoms with Crippen molar-refractivity contribution in [3.05, 3.63) is 24.4 Å². The molecule has 0 fully saturated rings. The van der Waals surface area contributed by atoms with E-state index < -0.39 is 0 Å². The summed E-state index contributed by atoms with van der Waals surface area (Å²) in [5, 5.41) is 14.1. The number of nitrogens with one attached hydrogen (secondary N) is 2. The van der Waals surface area contributed by atoms with Gasteiger partial charge in [-0.3, -0.25) is 5.32 Å². The summed E-state index contributed by atoms with van der Waals surface area (Å²) in [5.41, 5.74) is 0. The Kier molecular flexibility index (Phi) is 4.56. The maximum Gasteiger partial charge on any atom is 0.320 e. The lowest BCUT2D eigenvalue weighted by Crippen LogP contribution is -2.39. The minimum absolute atomic E-state index is 0.0634. The second-order valence-corrected chi connectivity index (χ2v) is 3.10. The van der Waals surface area contributed by atoms with Crippen LogP contribution in [0.25, 0.3) is 0 Å². The molecule has 0 aromatic carbocycles. The van der Waals surface area contributed by atoms with E-state index in [1.807, 2.05) is 6.92 Å². The number of pyridine rings is 1. The van der Waals surface area contributed by atoms with E-state index in [4.69, 9.17) is 5.11 Å². The van der Waals surface area contributed by atoms with Crippen LogP contribution in [-0.4, -0.2) is 28.8 Å². The van der Waals surface area contributed by atoms with Gasteiger partial charge in [0.2, 0.25) is 0 Å². The number of hydrogen-bond donors (Lipinski definition) is 3. The number of aliphatic hydroxyl groups excluding tert-OH is 1. The van der Waals surface area contributed by atoms with E-state index >= 15 is 0 Å². The van der Waals surface area contributed by atoms with Crippen LogP contribution in [-0.2, 0) is 0 Å². The number of amides is 2. The number of nitrogens with zero attached hydrogens (tertiary/aromatic N) is 1. The van der Waals surface area contributed by atoms with Crippen LogP contribution in [0.2, 0.25) is 0 Å². The average molecular weight is 209 g/mol. The third-order valence-corrected chi connectivity index (χ3v) is 1.95. The zero-order chi connectivity index (χ0) is 11.1. The zero-order valence-corrected chi connectivity index (χ0v) is 8.60. The number of hydrogen-bond acceptors (Lipinski definition) is 3. The predicted molar refractivity (Wildman–Crippen MR) is 57.6 cm³/mol. The monoisotopic (exact) mass is 209 g/mol. The zero-order valence-electron chi connectivity index (χ0n) is 8.60. The minimum atomic E-state index is -0.352. The standard InChI is InChI=1S/C10H15N3O2/c1-2-8(7-14)12-10(15)13-9-5-3-4-6-11-9/h3-6,8,14H,2,7H2,1H3,(H2,11,12,13,15). The molecule has 1 heterocycles. The molecule has 15 heavy (non-hydrogen) atoms. The molecule has 5 nitrogen and oxygen atoms in total. The molecular weight excluding hydrogens is 194 g/mol. The molecule has 0 saturated heterocycles. The van der Waals surface area contributed by atoms with Crippen LogP contribution in [0.5, 0.6) is 0 Å². The van der Waals surface area contributed by atoms with Gasteiger partial charge in [-0.1, -0.05) is 13.0 Å². The number of anilines is 1. The van der Waals surface area contributed by atoms with Gasteiger partial charge in [0.25, 0.3) is 0 Å². The van der Waals surface area contributed by atoms with E-state index in [0.717, 1.165) is 0 Å². The van der Waals surface area contributed by atoms with Crippen molar-refractivity contribution in [2.45, 2.75) is 19.4 Å². The highest BCUT2D eigenvalue weighted by atomic mass is 16.3. The molecule has 5 heteroatoms. The highest BCUT2D eigenvalue weighted by molar-refractivity contribution is 5.88. The van der Waals surface area contributed by atoms with Crippen LogP contribution in [0, 0.1) is 0 Å². The van der Waals surface area contributed by atoms with Crippen LogP contribution in [0.4, 0.5) is 10.6 Å². The molecule has 2 amide bonds. The van der Waals surface area contributed by atoms with E-state index in [1.54, 1.807) is 24.4 Å². The molecule has 0 saturated carbocycles. The van der Waals surface area contributed by atoms with Crippen molar-refractivity contribution in [3.8, 4) is 0 Å². The molecule has 0 radical (unpaired) electrons. The lowest BCUT2D eigenvalue weighted by molar-refractivity contribution is 0.222. The Labute approximate surface area is 88.5 Å². The summed E-state index contributed by atoms with van der Waals surface area (Å²) in [6.07, 6.45) is 2.28. The summed E-state index contributed by atoms with van der Waals surface area (Å²) in [7, 11) is 0. The first-order valence-electron chi connectivity index (χ1n) is 4.85. The van der Waals surface area contributed by atoms with Gasteiger partial charge in [0.15, 0.2) is 0 Å². The van der Waals surface area contributed by atoms with Crippen molar-refractivity contribution in [1.82, 2.24) is 10.3 Å². The summed E-state index contributed by atoms with van der Waals surface area (Å²) >= 11 is 0. The Morgan fingerprint density at radius 2 is 2.40 bits per heavy atom. The SMILES string of the molecule is CCC(CO)NC(=O)Nc1ccccn1. The van der Waals surface area contributed by atoms with Crippen molar-refractivity contribution in [2.24, 2.45) is 0 Å². The lowest BCUT2D eigenvalue weighted by Gasteiger charge is -2.14. The topological polar surface area (TPSA) is 74.2 Å². The van der Waals surface area contributed by atoms with Gasteiger partial charge >= 0.3 is 6.03 Å². The third kappa shape index (κ3) is 3.95. The first kappa shape index (κ1) is 11.5. The number of urea groups is 1. The average Bonchev–Trinajstić information content (AvgIpc) is 2.27. The number of aromatic nitrogens is 1. The molecule has 3 N–H and O–H groups in total. The molecule has 1 aromatic heterocycles. The van der Waals surface area contributed by atoms with Crippen LogP contribution in [0.1, 0.15) is 13.3 Å². The van der Waals surface area contributed by atoms with Gasteiger partial charge in [0, 0.05) is 6.20 Å². The molecule has 0 aliphatic carbocycles. The van der Waals surface area contributed by atoms with Crippen molar-refractivity contribution >= 4 is 11.8 Å². The molecular formula is C10H15N3O2. The maximum atomic E-state index is 11.4. The molecule has 1 atom stereocenters.